The molecular formula is C24H19FN4O3S. The van der Waals surface area contributed by atoms with E-state index in [4.69, 9.17) is 0 Å². The minimum atomic E-state index is -4.17. The zero-order valence-electron chi connectivity index (χ0n) is 17.3. The van der Waals surface area contributed by atoms with Gasteiger partial charge in [-0.2, -0.15) is 0 Å². The van der Waals surface area contributed by atoms with Gasteiger partial charge in [0.15, 0.2) is 0 Å². The molecule has 7 nitrogen and oxygen atoms in total. The van der Waals surface area contributed by atoms with Crippen LogP contribution in [0.2, 0.25) is 0 Å². The van der Waals surface area contributed by atoms with Gasteiger partial charge in [-0.1, -0.05) is 18.2 Å². The molecule has 2 N–H and O–H groups in total. The summed E-state index contributed by atoms with van der Waals surface area (Å²) in [4.78, 5) is 20.3. The Morgan fingerprint density at radius 1 is 1.00 bits per heavy atom. The summed E-state index contributed by atoms with van der Waals surface area (Å²) in [5.41, 5.74) is 1.27. The number of aromatic nitrogens is 2. The number of carbonyl (C=O) groups is 1. The van der Waals surface area contributed by atoms with E-state index in [9.17, 15) is 17.6 Å². The van der Waals surface area contributed by atoms with E-state index in [0.717, 1.165) is 16.8 Å². The molecule has 4 aromatic rings. The highest BCUT2D eigenvalue weighted by Crippen LogP contribution is 2.48. The van der Waals surface area contributed by atoms with Crippen molar-refractivity contribution in [2.75, 3.05) is 10.0 Å². The number of benzene rings is 2. The summed E-state index contributed by atoms with van der Waals surface area (Å²) in [5, 5.41) is 4.85. The normalized spacial score (nSPS) is 17.5. The third-order valence-electron chi connectivity index (χ3n) is 5.61. The van der Waals surface area contributed by atoms with E-state index in [-0.39, 0.29) is 23.6 Å². The number of pyridine rings is 2. The van der Waals surface area contributed by atoms with Crippen molar-refractivity contribution in [2.24, 2.45) is 5.92 Å². The molecule has 1 aliphatic carbocycles. The zero-order valence-corrected chi connectivity index (χ0v) is 18.1. The molecule has 1 aliphatic rings. The minimum absolute atomic E-state index is 0.0946. The van der Waals surface area contributed by atoms with Crippen molar-refractivity contribution in [3.8, 4) is 0 Å². The number of carbonyl (C=O) groups excluding carboxylic acids is 1. The van der Waals surface area contributed by atoms with E-state index in [1.165, 1.54) is 24.4 Å². The summed E-state index contributed by atoms with van der Waals surface area (Å²) < 4.78 is 42.1. The molecule has 9 heteroatoms. The first-order valence-corrected chi connectivity index (χ1v) is 11.8. The van der Waals surface area contributed by atoms with Gasteiger partial charge in [-0.15, -0.1) is 0 Å². The number of anilines is 2. The molecule has 2 aromatic heterocycles. The van der Waals surface area contributed by atoms with Crippen LogP contribution in [0.3, 0.4) is 0 Å². The van der Waals surface area contributed by atoms with Gasteiger partial charge >= 0.3 is 0 Å². The number of sulfonamides is 1. The van der Waals surface area contributed by atoms with Gasteiger partial charge in [0.2, 0.25) is 5.91 Å². The van der Waals surface area contributed by atoms with Crippen molar-refractivity contribution in [2.45, 2.75) is 17.2 Å². The summed E-state index contributed by atoms with van der Waals surface area (Å²) in [6.45, 7) is 0. The van der Waals surface area contributed by atoms with Crippen molar-refractivity contribution >= 4 is 38.2 Å². The SMILES string of the molecule is O=C(Nc1ccc2cnccc2c1)C1CC1c1ccc(F)c(S(=O)(=O)Nc2ccccn2)c1. The predicted octanol–water partition coefficient (Wildman–Crippen LogP) is 4.31. The first-order chi connectivity index (χ1) is 15.9. The number of amides is 1. The van der Waals surface area contributed by atoms with Crippen molar-refractivity contribution in [3.63, 3.8) is 0 Å². The molecule has 5 rings (SSSR count). The Balaban J connectivity index is 1.32. The van der Waals surface area contributed by atoms with Crippen LogP contribution >= 0.6 is 0 Å². The van der Waals surface area contributed by atoms with Crippen LogP contribution in [0.5, 0.6) is 0 Å². The number of hydrogen-bond acceptors (Lipinski definition) is 5. The van der Waals surface area contributed by atoms with Gasteiger partial charge in [0.1, 0.15) is 16.5 Å². The average molecular weight is 463 g/mol. The van der Waals surface area contributed by atoms with Gasteiger partial charge in [-0.05, 0) is 65.8 Å². The Labute approximate surface area is 189 Å². The first-order valence-electron chi connectivity index (χ1n) is 10.3. The lowest BCUT2D eigenvalue weighted by Crippen LogP contribution is -2.16. The van der Waals surface area contributed by atoms with Crippen LogP contribution in [-0.4, -0.2) is 24.3 Å². The van der Waals surface area contributed by atoms with Crippen LogP contribution in [0.25, 0.3) is 10.8 Å². The molecule has 1 amide bonds. The molecule has 0 bridgehead atoms. The molecule has 0 radical (unpaired) electrons. The second-order valence-electron chi connectivity index (χ2n) is 7.89. The Hall–Kier alpha value is -3.85. The summed E-state index contributed by atoms with van der Waals surface area (Å²) >= 11 is 0. The van der Waals surface area contributed by atoms with Crippen molar-refractivity contribution in [1.82, 2.24) is 9.97 Å². The predicted molar refractivity (Wildman–Crippen MR) is 123 cm³/mol. The zero-order chi connectivity index (χ0) is 23.0. The topological polar surface area (TPSA) is 101 Å². The van der Waals surface area contributed by atoms with E-state index < -0.39 is 20.7 Å². The summed E-state index contributed by atoms with van der Waals surface area (Å²) in [7, 11) is -4.17. The van der Waals surface area contributed by atoms with Crippen molar-refractivity contribution in [3.05, 3.63) is 90.6 Å². The minimum Gasteiger partial charge on any atom is -0.326 e. The highest BCUT2D eigenvalue weighted by Gasteiger charge is 2.44. The van der Waals surface area contributed by atoms with Crippen LogP contribution < -0.4 is 10.0 Å². The molecule has 0 aliphatic heterocycles. The van der Waals surface area contributed by atoms with Crippen molar-refractivity contribution in [1.29, 1.82) is 0 Å². The summed E-state index contributed by atoms with van der Waals surface area (Å²) in [6.07, 6.45) is 5.43. The monoisotopic (exact) mass is 462 g/mol. The van der Waals surface area contributed by atoms with Gasteiger partial charge < -0.3 is 5.32 Å². The van der Waals surface area contributed by atoms with E-state index >= 15 is 0 Å². The molecule has 1 fully saturated rings. The van der Waals surface area contributed by atoms with Gasteiger partial charge in [0, 0.05) is 35.6 Å². The van der Waals surface area contributed by atoms with Gasteiger partial charge in [0.05, 0.1) is 0 Å². The molecule has 2 aromatic carbocycles. The molecule has 0 spiro atoms. The number of nitrogens with one attached hydrogen (secondary N) is 2. The Kier molecular flexibility index (Phi) is 5.26. The molecule has 2 atom stereocenters. The highest BCUT2D eigenvalue weighted by atomic mass is 32.2. The molecule has 33 heavy (non-hydrogen) atoms. The molecular weight excluding hydrogens is 443 g/mol. The van der Waals surface area contributed by atoms with Crippen LogP contribution in [0.1, 0.15) is 17.9 Å². The number of nitrogens with zero attached hydrogens (tertiary/aromatic N) is 2. The van der Waals surface area contributed by atoms with E-state index in [1.807, 2.05) is 24.3 Å². The Morgan fingerprint density at radius 2 is 1.88 bits per heavy atom. The van der Waals surface area contributed by atoms with E-state index in [2.05, 4.69) is 20.0 Å². The highest BCUT2D eigenvalue weighted by molar-refractivity contribution is 7.92. The van der Waals surface area contributed by atoms with Gasteiger partial charge in [0.25, 0.3) is 10.0 Å². The molecule has 0 saturated heterocycles. The van der Waals surface area contributed by atoms with Crippen LogP contribution in [0.4, 0.5) is 15.9 Å². The van der Waals surface area contributed by atoms with E-state index in [1.54, 1.807) is 24.5 Å². The Morgan fingerprint density at radius 3 is 2.70 bits per heavy atom. The maximum absolute atomic E-state index is 14.4. The quantitative estimate of drug-likeness (QED) is 0.445. The fourth-order valence-electron chi connectivity index (χ4n) is 3.82. The fraction of sp³-hybridized carbons (Fsp3) is 0.125. The summed E-state index contributed by atoms with van der Waals surface area (Å²) in [5.74, 6) is -1.43. The smallest absolute Gasteiger partial charge is 0.265 e. The van der Waals surface area contributed by atoms with E-state index in [0.29, 0.717) is 17.7 Å². The Bertz CT molecular complexity index is 1460. The third-order valence-corrected chi connectivity index (χ3v) is 6.98. The first kappa shape index (κ1) is 21.0. The maximum Gasteiger partial charge on any atom is 0.265 e. The number of halogens is 1. The number of fused-ring (bicyclic) bond motifs is 1. The largest absolute Gasteiger partial charge is 0.326 e. The molecule has 2 heterocycles. The lowest BCUT2D eigenvalue weighted by Gasteiger charge is -2.10. The van der Waals surface area contributed by atoms with Crippen molar-refractivity contribution < 1.29 is 17.6 Å². The molecule has 1 saturated carbocycles. The maximum atomic E-state index is 14.4. The van der Waals surface area contributed by atoms with Crippen LogP contribution in [-0.2, 0) is 14.8 Å². The van der Waals surface area contributed by atoms with Gasteiger partial charge in [-0.25, -0.2) is 17.8 Å². The molecule has 2 unspecified atom stereocenters. The third kappa shape index (κ3) is 4.40. The lowest BCUT2D eigenvalue weighted by molar-refractivity contribution is -0.117. The van der Waals surface area contributed by atoms with Crippen LogP contribution in [0, 0.1) is 11.7 Å². The average Bonchev–Trinajstić information content (AvgIpc) is 3.61. The number of hydrogen-bond donors (Lipinski definition) is 2. The summed E-state index contributed by atoms with van der Waals surface area (Å²) in [6, 6.07) is 16.1. The number of rotatable bonds is 6. The second kappa shape index (κ2) is 8.25. The standard InChI is InChI=1S/C24H19FN4O3S/c25-21-7-5-16(12-22(21)33(31,32)29-23-3-1-2-9-27-23)19-13-20(19)24(30)28-18-6-4-17-14-26-10-8-15(17)11-18/h1-12,14,19-20H,13H2,(H,27,29)(H,28,30). The molecule has 166 valence electrons. The van der Waals surface area contributed by atoms with Crippen LogP contribution in [0.15, 0.2) is 84.1 Å². The second-order valence-corrected chi connectivity index (χ2v) is 9.54. The fourth-order valence-corrected chi connectivity index (χ4v) is 4.94. The van der Waals surface area contributed by atoms with Gasteiger partial charge in [-0.3, -0.25) is 14.5 Å². The lowest BCUT2D eigenvalue weighted by atomic mass is 10.1.